The number of fused-ring (bicyclic) bond motifs is 1. The third-order valence-electron chi connectivity index (χ3n) is 5.29. The summed E-state index contributed by atoms with van der Waals surface area (Å²) in [6, 6.07) is 10.2. The van der Waals surface area contributed by atoms with Crippen LogP contribution >= 0.6 is 0 Å². The normalized spacial score (nSPS) is 12.5. The Hall–Kier alpha value is -3.40. The molecule has 0 aliphatic carbocycles. The van der Waals surface area contributed by atoms with Gasteiger partial charge in [0.1, 0.15) is 5.65 Å². The van der Waals surface area contributed by atoms with Crippen molar-refractivity contribution in [2.75, 3.05) is 7.11 Å². The minimum absolute atomic E-state index is 0.149. The number of hydrogen-bond acceptors (Lipinski definition) is 5. The van der Waals surface area contributed by atoms with E-state index >= 15 is 0 Å². The number of hydrogen-bond donors (Lipinski definition) is 0. The number of sulfone groups is 1. The first-order chi connectivity index (χ1) is 15.5. The molecule has 3 heterocycles. The van der Waals surface area contributed by atoms with Crippen molar-refractivity contribution in [2.24, 2.45) is 0 Å². The van der Waals surface area contributed by atoms with Crippen LogP contribution in [0.15, 0.2) is 66.0 Å². The molecule has 0 saturated heterocycles. The molecule has 4 aromatic rings. The fourth-order valence-corrected chi connectivity index (χ4v) is 4.49. The molecule has 0 spiro atoms. The lowest BCUT2D eigenvalue weighted by Gasteiger charge is -2.13. The van der Waals surface area contributed by atoms with Crippen molar-refractivity contribution in [3.63, 3.8) is 0 Å². The summed E-state index contributed by atoms with van der Waals surface area (Å²) in [6.07, 6.45) is -0.306. The number of rotatable bonds is 5. The van der Waals surface area contributed by atoms with E-state index in [0.717, 1.165) is 6.07 Å². The monoisotopic (exact) mass is 475 g/mol. The van der Waals surface area contributed by atoms with Crippen molar-refractivity contribution in [1.82, 2.24) is 14.4 Å². The van der Waals surface area contributed by atoms with Crippen molar-refractivity contribution in [2.45, 2.75) is 30.2 Å². The summed E-state index contributed by atoms with van der Waals surface area (Å²) in [5, 5.41) is -0.589. The average molecular weight is 475 g/mol. The molecule has 33 heavy (non-hydrogen) atoms. The molecule has 0 aliphatic rings. The summed E-state index contributed by atoms with van der Waals surface area (Å²) in [6.45, 7) is 3.17. The Balaban J connectivity index is 1.88. The van der Waals surface area contributed by atoms with E-state index in [4.69, 9.17) is 4.74 Å². The highest BCUT2D eigenvalue weighted by Crippen LogP contribution is 2.37. The van der Waals surface area contributed by atoms with Crippen molar-refractivity contribution in [1.29, 1.82) is 0 Å². The van der Waals surface area contributed by atoms with E-state index in [1.165, 1.54) is 36.0 Å². The van der Waals surface area contributed by atoms with Crippen LogP contribution in [0.2, 0.25) is 0 Å². The predicted molar refractivity (Wildman–Crippen MR) is 118 cm³/mol. The molecule has 4 rings (SSSR count). The molecule has 0 unspecified atom stereocenters. The van der Waals surface area contributed by atoms with Crippen LogP contribution in [-0.4, -0.2) is 35.1 Å². The van der Waals surface area contributed by atoms with Gasteiger partial charge < -0.3 is 4.74 Å². The lowest BCUT2D eigenvalue weighted by atomic mass is 10.1. The van der Waals surface area contributed by atoms with Crippen molar-refractivity contribution in [3.05, 3.63) is 66.6 Å². The second-order valence-electron chi connectivity index (χ2n) is 7.68. The SMILES string of the molecule is COc1ccc(-c2cc(C(F)(F)F)c3ncc(-c4ccc(S(=O)(=O)C(C)C)cc4)n3c2)cn1. The summed E-state index contributed by atoms with van der Waals surface area (Å²) in [5.41, 5.74) is 0.558. The Bertz CT molecular complexity index is 1410. The molecule has 0 saturated carbocycles. The number of methoxy groups -OCH3 is 1. The molecule has 0 bridgehead atoms. The Morgan fingerprint density at radius 2 is 1.61 bits per heavy atom. The molecule has 3 aromatic heterocycles. The molecule has 172 valence electrons. The number of aromatic nitrogens is 3. The maximum absolute atomic E-state index is 13.8. The van der Waals surface area contributed by atoms with Gasteiger partial charge in [0, 0.05) is 35.2 Å². The molecule has 6 nitrogen and oxygen atoms in total. The van der Waals surface area contributed by atoms with Gasteiger partial charge in [-0.2, -0.15) is 13.2 Å². The fraction of sp³-hybridized carbons (Fsp3) is 0.217. The Labute approximate surface area is 188 Å². The van der Waals surface area contributed by atoms with Crippen LogP contribution in [0.4, 0.5) is 13.2 Å². The smallest absolute Gasteiger partial charge is 0.420 e. The maximum atomic E-state index is 13.8. The standard InChI is InChI=1S/C23H20F3N3O3S/c1-14(2)33(30,31)18-7-4-15(5-8-18)20-12-28-22-19(23(24,25)26)10-17(13-29(20)22)16-6-9-21(32-3)27-11-16/h4-14H,1-3H3. The zero-order chi connectivity index (χ0) is 24.0. The van der Waals surface area contributed by atoms with Gasteiger partial charge in [0.15, 0.2) is 9.84 Å². The first kappa shape index (κ1) is 22.8. The van der Waals surface area contributed by atoms with E-state index in [1.807, 2.05) is 0 Å². The molecule has 10 heteroatoms. The van der Waals surface area contributed by atoms with E-state index < -0.39 is 26.8 Å². The number of halogens is 3. The zero-order valence-corrected chi connectivity index (χ0v) is 18.8. The quantitative estimate of drug-likeness (QED) is 0.393. The van der Waals surface area contributed by atoms with E-state index in [0.29, 0.717) is 28.3 Å². The third-order valence-corrected chi connectivity index (χ3v) is 7.46. The molecule has 1 aromatic carbocycles. The van der Waals surface area contributed by atoms with E-state index in [-0.39, 0.29) is 10.5 Å². The Kier molecular flexibility index (Phi) is 5.65. The summed E-state index contributed by atoms with van der Waals surface area (Å²) in [4.78, 5) is 8.24. The molecule has 0 atom stereocenters. The summed E-state index contributed by atoms with van der Waals surface area (Å²) < 4.78 is 72.7. The van der Waals surface area contributed by atoms with E-state index in [1.54, 1.807) is 44.3 Å². The highest BCUT2D eigenvalue weighted by molar-refractivity contribution is 7.92. The van der Waals surface area contributed by atoms with E-state index in [2.05, 4.69) is 9.97 Å². The van der Waals surface area contributed by atoms with Gasteiger partial charge in [-0.05, 0) is 38.1 Å². The summed E-state index contributed by atoms with van der Waals surface area (Å²) >= 11 is 0. The highest BCUT2D eigenvalue weighted by Gasteiger charge is 2.35. The van der Waals surface area contributed by atoms with Gasteiger partial charge in [-0.15, -0.1) is 0 Å². The minimum Gasteiger partial charge on any atom is -0.481 e. The second-order valence-corrected chi connectivity index (χ2v) is 10.2. The first-order valence-corrected chi connectivity index (χ1v) is 11.5. The number of alkyl halides is 3. The molecule has 0 radical (unpaired) electrons. The molecular formula is C23H20F3N3O3S. The molecule has 0 aliphatic heterocycles. The van der Waals surface area contributed by atoms with Crippen LogP contribution in [0.1, 0.15) is 19.4 Å². The Morgan fingerprint density at radius 1 is 0.939 bits per heavy atom. The second kappa shape index (κ2) is 8.18. The van der Waals surface area contributed by atoms with Crippen molar-refractivity contribution >= 4 is 15.5 Å². The van der Waals surface area contributed by atoms with E-state index in [9.17, 15) is 21.6 Å². The van der Waals surface area contributed by atoms with Crippen LogP contribution < -0.4 is 4.74 Å². The number of ether oxygens (including phenoxy) is 1. The van der Waals surface area contributed by atoms with Gasteiger partial charge in [-0.1, -0.05) is 12.1 Å². The molecule has 0 amide bonds. The maximum Gasteiger partial charge on any atom is 0.420 e. The fourth-order valence-electron chi connectivity index (χ4n) is 3.43. The Morgan fingerprint density at radius 3 is 2.15 bits per heavy atom. The topological polar surface area (TPSA) is 73.6 Å². The van der Waals surface area contributed by atoms with Crippen molar-refractivity contribution < 1.29 is 26.3 Å². The number of nitrogens with zero attached hydrogens (tertiary/aromatic N) is 3. The molecule has 0 fully saturated rings. The van der Waals surface area contributed by atoms with Crippen LogP contribution in [-0.2, 0) is 16.0 Å². The highest BCUT2D eigenvalue weighted by atomic mass is 32.2. The van der Waals surface area contributed by atoms with Gasteiger partial charge in [-0.3, -0.25) is 4.40 Å². The van der Waals surface area contributed by atoms with Gasteiger partial charge in [0.2, 0.25) is 5.88 Å². The molecule has 0 N–H and O–H groups in total. The van der Waals surface area contributed by atoms with Crippen LogP contribution in [0.5, 0.6) is 5.88 Å². The van der Waals surface area contributed by atoms with Gasteiger partial charge in [-0.25, -0.2) is 18.4 Å². The number of pyridine rings is 2. The minimum atomic E-state index is -4.63. The van der Waals surface area contributed by atoms with Gasteiger partial charge >= 0.3 is 6.18 Å². The first-order valence-electron chi connectivity index (χ1n) is 9.95. The summed E-state index contributed by atoms with van der Waals surface area (Å²) in [7, 11) is -2.02. The lowest BCUT2D eigenvalue weighted by Crippen LogP contribution is -2.13. The van der Waals surface area contributed by atoms with Gasteiger partial charge in [0.25, 0.3) is 0 Å². The zero-order valence-electron chi connectivity index (χ0n) is 18.0. The van der Waals surface area contributed by atoms with Crippen LogP contribution in [0, 0.1) is 0 Å². The average Bonchev–Trinajstić information content (AvgIpc) is 3.21. The largest absolute Gasteiger partial charge is 0.481 e. The van der Waals surface area contributed by atoms with Crippen LogP contribution in [0.25, 0.3) is 28.0 Å². The van der Waals surface area contributed by atoms with Gasteiger partial charge in [0.05, 0.1) is 34.7 Å². The number of imidazole rings is 1. The van der Waals surface area contributed by atoms with Crippen molar-refractivity contribution in [3.8, 4) is 28.3 Å². The summed E-state index contributed by atoms with van der Waals surface area (Å²) in [5.74, 6) is 0.343. The van der Waals surface area contributed by atoms with Crippen LogP contribution in [0.3, 0.4) is 0 Å². The molecular weight excluding hydrogens is 455 g/mol. The lowest BCUT2D eigenvalue weighted by molar-refractivity contribution is -0.136. The third kappa shape index (κ3) is 4.18. The predicted octanol–water partition coefficient (Wildman–Crippen LogP) is 5.27. The number of benzene rings is 1.